The molecule has 0 spiro atoms. The molecule has 3 nitrogen and oxygen atoms in total. The van der Waals surface area contributed by atoms with Crippen LogP contribution in [0.1, 0.15) is 11.1 Å². The average Bonchev–Trinajstić information content (AvgIpc) is 3.65. The van der Waals surface area contributed by atoms with E-state index in [0.29, 0.717) is 0 Å². The number of hydrogen-bond donors (Lipinski definition) is 0. The van der Waals surface area contributed by atoms with Crippen LogP contribution < -0.4 is 0 Å². The van der Waals surface area contributed by atoms with Crippen LogP contribution in [0.25, 0.3) is 82.5 Å². The summed E-state index contributed by atoms with van der Waals surface area (Å²) in [5.74, 6) is 0. The van der Waals surface area contributed by atoms with Crippen LogP contribution >= 0.6 is 0 Å². The Morgan fingerprint density at radius 1 is 0.439 bits per heavy atom. The first-order valence-corrected chi connectivity index (χ1v) is 14.0. The van der Waals surface area contributed by atoms with Crippen LogP contribution in [-0.2, 0) is 0 Å². The predicted molar refractivity (Wildman–Crippen MR) is 170 cm³/mol. The van der Waals surface area contributed by atoms with Crippen LogP contribution in [0.2, 0.25) is 0 Å². The molecule has 0 radical (unpaired) electrons. The van der Waals surface area contributed by atoms with Gasteiger partial charge in [0.25, 0.3) is 0 Å². The number of hydrogen-bond acceptors (Lipinski definition) is 2. The van der Waals surface area contributed by atoms with Crippen molar-refractivity contribution in [1.82, 2.24) is 4.57 Å². The summed E-state index contributed by atoms with van der Waals surface area (Å²) in [6.07, 6.45) is 0. The second-order valence-electron chi connectivity index (χ2n) is 11.2. The Balaban J connectivity index is 1.28. The molecule has 0 saturated heterocycles. The maximum atomic E-state index is 6.62. The molecule has 0 aliphatic carbocycles. The van der Waals surface area contributed by atoms with Gasteiger partial charge in [0.05, 0.1) is 16.7 Å². The molecule has 0 aliphatic heterocycles. The Bertz CT molecular complexity index is 2440. The topological polar surface area (TPSA) is 31.2 Å². The number of benzene rings is 6. The molecule has 194 valence electrons. The van der Waals surface area contributed by atoms with Gasteiger partial charge in [-0.3, -0.25) is 0 Å². The summed E-state index contributed by atoms with van der Waals surface area (Å²) in [4.78, 5) is 0. The van der Waals surface area contributed by atoms with Gasteiger partial charge in [0.2, 0.25) is 0 Å². The first-order chi connectivity index (χ1) is 20.1. The second kappa shape index (κ2) is 8.12. The van der Waals surface area contributed by atoms with Gasteiger partial charge in [-0.25, -0.2) is 0 Å². The van der Waals surface area contributed by atoms with Crippen LogP contribution in [-0.4, -0.2) is 4.57 Å². The van der Waals surface area contributed by atoms with E-state index in [2.05, 4.69) is 122 Å². The Morgan fingerprint density at radius 2 is 1.02 bits per heavy atom. The van der Waals surface area contributed by atoms with Crippen molar-refractivity contribution >= 4 is 65.7 Å². The Hall–Kier alpha value is -5.28. The van der Waals surface area contributed by atoms with E-state index in [-0.39, 0.29) is 0 Å². The maximum absolute atomic E-state index is 6.62. The molecule has 3 heterocycles. The third kappa shape index (κ3) is 3.20. The zero-order valence-electron chi connectivity index (χ0n) is 22.7. The average molecular weight is 528 g/mol. The van der Waals surface area contributed by atoms with Crippen molar-refractivity contribution in [2.75, 3.05) is 0 Å². The van der Waals surface area contributed by atoms with Gasteiger partial charge >= 0.3 is 0 Å². The molecule has 9 rings (SSSR count). The number of rotatable bonds is 2. The van der Waals surface area contributed by atoms with E-state index in [1.165, 1.54) is 32.9 Å². The van der Waals surface area contributed by atoms with Crippen molar-refractivity contribution in [2.45, 2.75) is 13.8 Å². The Labute approximate surface area is 235 Å². The lowest BCUT2D eigenvalue weighted by molar-refractivity contribution is 0.666. The van der Waals surface area contributed by atoms with Gasteiger partial charge in [0.15, 0.2) is 5.58 Å². The molecule has 41 heavy (non-hydrogen) atoms. The first-order valence-electron chi connectivity index (χ1n) is 14.0. The van der Waals surface area contributed by atoms with E-state index in [0.717, 1.165) is 60.7 Å². The highest BCUT2D eigenvalue weighted by molar-refractivity contribution is 6.13. The van der Waals surface area contributed by atoms with Crippen molar-refractivity contribution < 1.29 is 8.83 Å². The standard InChI is InChI=1S/C38H25NO2/c1-22-10-14-32-28(18-22)29-19-23(2)11-15-33(29)39(32)34-8-5-7-27-31-21-25(13-17-37(31)41-38(27)34)24-12-16-36-30(20-24)26-6-3-4-9-35(26)40-36/h3-21H,1-2H3. The molecule has 0 fully saturated rings. The van der Waals surface area contributed by atoms with Gasteiger partial charge in [0, 0.05) is 32.3 Å². The number of furan rings is 2. The summed E-state index contributed by atoms with van der Waals surface area (Å²) in [7, 11) is 0. The van der Waals surface area contributed by atoms with Crippen molar-refractivity contribution in [3.8, 4) is 16.8 Å². The lowest BCUT2D eigenvalue weighted by Crippen LogP contribution is -1.94. The molecule has 0 atom stereocenters. The van der Waals surface area contributed by atoms with Crippen molar-refractivity contribution in [3.05, 3.63) is 126 Å². The summed E-state index contributed by atoms with van der Waals surface area (Å²) in [5.41, 5.74) is 11.9. The van der Waals surface area contributed by atoms with Crippen LogP contribution in [0.3, 0.4) is 0 Å². The summed E-state index contributed by atoms with van der Waals surface area (Å²) < 4.78 is 15.0. The Morgan fingerprint density at radius 3 is 1.73 bits per heavy atom. The number of aromatic nitrogens is 1. The molecule has 0 aliphatic rings. The first kappa shape index (κ1) is 22.5. The fraction of sp³-hybridized carbons (Fsp3) is 0.0526. The minimum atomic E-state index is 0.887. The molecule has 0 N–H and O–H groups in total. The molecule has 3 heteroatoms. The number of nitrogens with zero attached hydrogens (tertiary/aromatic N) is 1. The van der Waals surface area contributed by atoms with Crippen molar-refractivity contribution in [3.63, 3.8) is 0 Å². The molecule has 9 aromatic rings. The van der Waals surface area contributed by atoms with Gasteiger partial charge < -0.3 is 13.4 Å². The van der Waals surface area contributed by atoms with E-state index in [4.69, 9.17) is 8.83 Å². The molecule has 0 amide bonds. The van der Waals surface area contributed by atoms with Gasteiger partial charge in [-0.05, 0) is 85.6 Å². The van der Waals surface area contributed by atoms with Crippen LogP contribution in [0, 0.1) is 13.8 Å². The quantitative estimate of drug-likeness (QED) is 0.224. The van der Waals surface area contributed by atoms with E-state index in [1.807, 2.05) is 12.1 Å². The van der Waals surface area contributed by atoms with Gasteiger partial charge in [-0.2, -0.15) is 0 Å². The zero-order chi connectivity index (χ0) is 27.2. The zero-order valence-corrected chi connectivity index (χ0v) is 22.7. The summed E-state index contributed by atoms with van der Waals surface area (Å²) in [6, 6.07) is 41.1. The minimum Gasteiger partial charge on any atom is -0.456 e. The van der Waals surface area contributed by atoms with Crippen LogP contribution in [0.15, 0.2) is 124 Å². The summed E-state index contributed by atoms with van der Waals surface area (Å²) in [5, 5.41) is 7.03. The van der Waals surface area contributed by atoms with Crippen molar-refractivity contribution in [2.24, 2.45) is 0 Å². The summed E-state index contributed by atoms with van der Waals surface area (Å²) >= 11 is 0. The normalized spacial score (nSPS) is 12.1. The highest BCUT2D eigenvalue weighted by Gasteiger charge is 2.18. The van der Waals surface area contributed by atoms with E-state index in [9.17, 15) is 0 Å². The second-order valence-corrected chi connectivity index (χ2v) is 11.2. The number of aryl methyl sites for hydroxylation is 2. The van der Waals surface area contributed by atoms with Gasteiger partial charge in [-0.15, -0.1) is 0 Å². The molecule has 6 aromatic carbocycles. The smallest absolute Gasteiger partial charge is 0.159 e. The summed E-state index contributed by atoms with van der Waals surface area (Å²) in [6.45, 7) is 4.31. The van der Waals surface area contributed by atoms with E-state index >= 15 is 0 Å². The third-order valence-corrected chi connectivity index (χ3v) is 8.50. The van der Waals surface area contributed by atoms with Crippen LogP contribution in [0.4, 0.5) is 0 Å². The molecule has 3 aromatic heterocycles. The fourth-order valence-corrected chi connectivity index (χ4v) is 6.56. The SMILES string of the molecule is Cc1ccc2c(c1)c1cc(C)ccc1n2-c1cccc2c1oc1ccc(-c3ccc4oc5ccccc5c4c3)cc12. The van der Waals surface area contributed by atoms with Gasteiger partial charge in [0.1, 0.15) is 16.7 Å². The minimum absolute atomic E-state index is 0.887. The number of fused-ring (bicyclic) bond motifs is 9. The van der Waals surface area contributed by atoms with Gasteiger partial charge in [-0.1, -0.05) is 65.7 Å². The molecule has 0 unspecified atom stereocenters. The molecule has 0 bridgehead atoms. The number of para-hydroxylation sites is 2. The molecular formula is C38H25NO2. The Kier molecular flexibility index (Phi) is 4.46. The maximum Gasteiger partial charge on any atom is 0.159 e. The predicted octanol–water partition coefficient (Wildman–Crippen LogP) is 10.9. The van der Waals surface area contributed by atoms with Crippen molar-refractivity contribution in [1.29, 1.82) is 0 Å². The largest absolute Gasteiger partial charge is 0.456 e. The lowest BCUT2D eigenvalue weighted by Gasteiger charge is -2.08. The highest BCUT2D eigenvalue weighted by Crippen LogP contribution is 2.40. The molecule has 0 saturated carbocycles. The molecular weight excluding hydrogens is 502 g/mol. The monoisotopic (exact) mass is 527 g/mol. The third-order valence-electron chi connectivity index (χ3n) is 8.50. The van der Waals surface area contributed by atoms with Crippen LogP contribution in [0.5, 0.6) is 0 Å². The lowest BCUT2D eigenvalue weighted by atomic mass is 10.0. The van der Waals surface area contributed by atoms with E-state index in [1.54, 1.807) is 0 Å². The fourth-order valence-electron chi connectivity index (χ4n) is 6.56. The van der Waals surface area contributed by atoms with E-state index < -0.39 is 0 Å². The highest BCUT2D eigenvalue weighted by atomic mass is 16.3.